The number of Topliss-reactive ketones (excluding diaryl/α,β-unsaturated/α-hetero) is 1. The second-order valence-electron chi connectivity index (χ2n) is 3.92. The van der Waals surface area contributed by atoms with Gasteiger partial charge in [0.1, 0.15) is 13.2 Å². The van der Waals surface area contributed by atoms with Crippen LogP contribution in [0.15, 0.2) is 28.9 Å². The summed E-state index contributed by atoms with van der Waals surface area (Å²) in [5.74, 6) is -0.492. The summed E-state index contributed by atoms with van der Waals surface area (Å²) in [4.78, 5) is 14.7. The Morgan fingerprint density at radius 2 is 2.11 bits per heavy atom. The number of benzene rings is 1. The van der Waals surface area contributed by atoms with Crippen molar-refractivity contribution < 1.29 is 22.7 Å². The van der Waals surface area contributed by atoms with Crippen molar-refractivity contribution in [1.82, 2.24) is 4.98 Å². The van der Waals surface area contributed by atoms with Gasteiger partial charge in [0.25, 0.3) is 0 Å². The molecule has 0 aliphatic carbocycles. The molecule has 0 amide bonds. The van der Waals surface area contributed by atoms with Gasteiger partial charge in [-0.3, -0.25) is 4.79 Å². The molecule has 2 aromatic rings. The fourth-order valence-electron chi connectivity index (χ4n) is 1.66. The molecule has 0 saturated heterocycles. The van der Waals surface area contributed by atoms with E-state index in [1.165, 1.54) is 6.20 Å². The minimum Gasteiger partial charge on any atom is -0.364 e. The molecular formula is C12H9BrF3NO2. The van der Waals surface area contributed by atoms with Crippen molar-refractivity contribution in [2.24, 2.45) is 0 Å². The van der Waals surface area contributed by atoms with Gasteiger partial charge in [0.15, 0.2) is 5.78 Å². The number of rotatable bonds is 4. The van der Waals surface area contributed by atoms with Crippen LogP contribution in [-0.4, -0.2) is 30.2 Å². The van der Waals surface area contributed by atoms with Crippen LogP contribution in [0.5, 0.6) is 0 Å². The van der Waals surface area contributed by atoms with Gasteiger partial charge in [-0.15, -0.1) is 0 Å². The number of aromatic amines is 1. The average Bonchev–Trinajstić information content (AvgIpc) is 2.69. The second-order valence-corrected chi connectivity index (χ2v) is 4.84. The Bertz CT molecular complexity index is 607. The Morgan fingerprint density at radius 1 is 1.37 bits per heavy atom. The molecule has 0 saturated carbocycles. The van der Waals surface area contributed by atoms with E-state index in [9.17, 15) is 18.0 Å². The number of halogens is 4. The van der Waals surface area contributed by atoms with Gasteiger partial charge < -0.3 is 9.72 Å². The molecule has 0 aliphatic heterocycles. The van der Waals surface area contributed by atoms with E-state index in [0.717, 1.165) is 9.99 Å². The Hall–Kier alpha value is -1.34. The fraction of sp³-hybridized carbons (Fsp3) is 0.250. The Morgan fingerprint density at radius 3 is 2.79 bits per heavy atom. The molecule has 1 aromatic carbocycles. The highest BCUT2D eigenvalue weighted by Crippen LogP contribution is 2.23. The second kappa shape index (κ2) is 5.34. The van der Waals surface area contributed by atoms with Crippen molar-refractivity contribution in [2.45, 2.75) is 6.18 Å². The molecule has 7 heteroatoms. The molecule has 1 N–H and O–H groups in total. The van der Waals surface area contributed by atoms with Crippen LogP contribution < -0.4 is 0 Å². The number of alkyl halides is 3. The molecule has 3 nitrogen and oxygen atoms in total. The van der Waals surface area contributed by atoms with Crippen LogP contribution in [0.2, 0.25) is 0 Å². The summed E-state index contributed by atoms with van der Waals surface area (Å²) < 4.78 is 40.9. The lowest BCUT2D eigenvalue weighted by molar-refractivity contribution is -0.170. The molecule has 2 rings (SSSR count). The van der Waals surface area contributed by atoms with Crippen molar-refractivity contribution in [3.8, 4) is 0 Å². The van der Waals surface area contributed by atoms with E-state index in [-0.39, 0.29) is 0 Å². The zero-order chi connectivity index (χ0) is 14.0. The Labute approximate surface area is 114 Å². The van der Waals surface area contributed by atoms with Gasteiger partial charge in [0.2, 0.25) is 0 Å². The third kappa shape index (κ3) is 3.57. The first-order chi connectivity index (χ1) is 8.87. The molecule has 1 aromatic heterocycles. The van der Waals surface area contributed by atoms with E-state index < -0.39 is 25.2 Å². The van der Waals surface area contributed by atoms with Crippen LogP contribution in [0.4, 0.5) is 13.2 Å². The van der Waals surface area contributed by atoms with Crippen molar-refractivity contribution in [3.05, 3.63) is 34.4 Å². The standard InChI is InChI=1S/C12H9BrF3NO2/c13-7-1-2-10-8(3-7)9(4-17-10)11(18)5-19-6-12(14,15)16/h1-4,17H,5-6H2. The third-order valence-electron chi connectivity index (χ3n) is 2.44. The molecule has 0 bridgehead atoms. The summed E-state index contributed by atoms with van der Waals surface area (Å²) in [6.07, 6.45) is -2.96. The minimum absolute atomic E-state index is 0.318. The molecular weight excluding hydrogens is 327 g/mol. The summed E-state index contributed by atoms with van der Waals surface area (Å²) in [6.45, 7) is -2.02. The largest absolute Gasteiger partial charge is 0.411 e. The highest BCUT2D eigenvalue weighted by molar-refractivity contribution is 9.10. The fourth-order valence-corrected chi connectivity index (χ4v) is 2.02. The van der Waals surface area contributed by atoms with E-state index in [0.29, 0.717) is 10.9 Å². The van der Waals surface area contributed by atoms with Crippen LogP contribution in [0, 0.1) is 0 Å². The summed E-state index contributed by atoms with van der Waals surface area (Å²) in [5.41, 5.74) is 1.06. The summed E-state index contributed by atoms with van der Waals surface area (Å²) in [6, 6.07) is 5.29. The number of ether oxygens (including phenoxy) is 1. The smallest absolute Gasteiger partial charge is 0.364 e. The molecule has 0 atom stereocenters. The Kier molecular flexibility index (Phi) is 3.96. The van der Waals surface area contributed by atoms with Crippen LogP contribution in [0.25, 0.3) is 10.9 Å². The number of hydrogen-bond donors (Lipinski definition) is 1. The predicted octanol–water partition coefficient (Wildman–Crippen LogP) is 3.69. The monoisotopic (exact) mass is 335 g/mol. The maximum Gasteiger partial charge on any atom is 0.411 e. The predicted molar refractivity (Wildman–Crippen MR) is 67.2 cm³/mol. The molecule has 0 radical (unpaired) electrons. The van der Waals surface area contributed by atoms with Crippen LogP contribution in [0.3, 0.4) is 0 Å². The SMILES string of the molecule is O=C(COCC(F)(F)F)c1c[nH]c2ccc(Br)cc12. The number of H-pyrrole nitrogens is 1. The van der Waals surface area contributed by atoms with Gasteiger partial charge in [-0.25, -0.2) is 0 Å². The number of nitrogens with one attached hydrogen (secondary N) is 1. The zero-order valence-corrected chi connectivity index (χ0v) is 11.1. The number of carbonyl (C=O) groups excluding carboxylic acids is 1. The van der Waals surface area contributed by atoms with Crippen molar-refractivity contribution >= 4 is 32.6 Å². The summed E-state index contributed by atoms with van der Waals surface area (Å²) >= 11 is 3.27. The number of carbonyl (C=O) groups is 1. The van der Waals surface area contributed by atoms with Gasteiger partial charge >= 0.3 is 6.18 Å². The summed E-state index contributed by atoms with van der Waals surface area (Å²) in [5, 5.41) is 0.648. The lowest BCUT2D eigenvalue weighted by Gasteiger charge is -2.06. The van der Waals surface area contributed by atoms with E-state index >= 15 is 0 Å². The molecule has 1 heterocycles. The minimum atomic E-state index is -4.43. The van der Waals surface area contributed by atoms with Gasteiger partial charge in [0.05, 0.1) is 0 Å². The molecule has 19 heavy (non-hydrogen) atoms. The number of aromatic nitrogens is 1. The first-order valence-electron chi connectivity index (χ1n) is 5.31. The van der Waals surface area contributed by atoms with E-state index in [1.807, 2.05) is 0 Å². The highest BCUT2D eigenvalue weighted by atomic mass is 79.9. The summed E-state index contributed by atoms with van der Waals surface area (Å²) in [7, 11) is 0. The normalized spacial score (nSPS) is 12.0. The van der Waals surface area contributed by atoms with E-state index in [4.69, 9.17) is 0 Å². The van der Waals surface area contributed by atoms with Gasteiger partial charge in [-0.05, 0) is 18.2 Å². The average molecular weight is 336 g/mol. The van der Waals surface area contributed by atoms with Crippen LogP contribution in [0.1, 0.15) is 10.4 Å². The Balaban J connectivity index is 2.11. The van der Waals surface area contributed by atoms with E-state index in [2.05, 4.69) is 25.7 Å². The third-order valence-corrected chi connectivity index (χ3v) is 2.94. The van der Waals surface area contributed by atoms with Crippen molar-refractivity contribution in [1.29, 1.82) is 0 Å². The number of hydrogen-bond acceptors (Lipinski definition) is 2. The number of ketones is 1. The topological polar surface area (TPSA) is 42.1 Å². The molecule has 102 valence electrons. The van der Waals surface area contributed by atoms with Gasteiger partial charge in [-0.1, -0.05) is 15.9 Å². The van der Waals surface area contributed by atoms with Crippen LogP contribution in [-0.2, 0) is 4.74 Å². The zero-order valence-electron chi connectivity index (χ0n) is 9.55. The lowest BCUT2D eigenvalue weighted by atomic mass is 10.1. The van der Waals surface area contributed by atoms with Crippen molar-refractivity contribution in [3.63, 3.8) is 0 Å². The maximum atomic E-state index is 11.9. The van der Waals surface area contributed by atoms with Crippen molar-refractivity contribution in [2.75, 3.05) is 13.2 Å². The number of fused-ring (bicyclic) bond motifs is 1. The highest BCUT2D eigenvalue weighted by Gasteiger charge is 2.28. The molecule has 0 unspecified atom stereocenters. The first-order valence-corrected chi connectivity index (χ1v) is 6.10. The first kappa shape index (κ1) is 14.1. The quantitative estimate of drug-likeness (QED) is 0.866. The molecule has 0 spiro atoms. The van der Waals surface area contributed by atoms with Gasteiger partial charge in [0, 0.05) is 27.1 Å². The lowest BCUT2D eigenvalue weighted by Crippen LogP contribution is -2.20. The molecule has 0 fully saturated rings. The van der Waals surface area contributed by atoms with E-state index in [1.54, 1.807) is 18.2 Å². The molecule has 0 aliphatic rings. The van der Waals surface area contributed by atoms with Crippen LogP contribution >= 0.6 is 15.9 Å². The maximum absolute atomic E-state index is 11.9. The van der Waals surface area contributed by atoms with Gasteiger partial charge in [-0.2, -0.15) is 13.2 Å².